The van der Waals surface area contributed by atoms with Crippen molar-refractivity contribution in [1.82, 2.24) is 5.32 Å². The molecule has 1 aromatic rings. The number of nitrogens with one attached hydrogen (secondary N) is 1. The number of amides is 1. The van der Waals surface area contributed by atoms with Crippen LogP contribution in [-0.2, 0) is 20.4 Å². The molecule has 7 heteroatoms. The maximum absolute atomic E-state index is 11.9. The normalized spacial score (nSPS) is 12.7. The fourth-order valence-electron chi connectivity index (χ4n) is 1.78. The molecule has 0 aliphatic carbocycles. The number of carboxylic acids is 1. The second-order valence-electron chi connectivity index (χ2n) is 4.92. The van der Waals surface area contributed by atoms with E-state index in [0.717, 1.165) is 6.26 Å². The van der Waals surface area contributed by atoms with Crippen molar-refractivity contribution in [2.24, 2.45) is 5.92 Å². The number of aliphatic carboxylic acids is 1. The second kappa shape index (κ2) is 7.21. The zero-order valence-electron chi connectivity index (χ0n) is 12.0. The Balaban J connectivity index is 2.65. The molecule has 1 atom stereocenters. The van der Waals surface area contributed by atoms with Crippen LogP contribution in [0.2, 0.25) is 0 Å². The molecule has 0 aliphatic heterocycles. The van der Waals surface area contributed by atoms with Gasteiger partial charge in [0.25, 0.3) is 5.91 Å². The maximum atomic E-state index is 11.9. The van der Waals surface area contributed by atoms with Gasteiger partial charge in [0.15, 0.2) is 9.84 Å². The van der Waals surface area contributed by atoms with E-state index in [1.165, 1.54) is 12.1 Å². The molecule has 0 aliphatic rings. The largest absolute Gasteiger partial charge is 0.481 e. The molecule has 0 bridgehead atoms. The summed E-state index contributed by atoms with van der Waals surface area (Å²) in [5.41, 5.74) is 0.971. The molecule has 0 aromatic heterocycles. The van der Waals surface area contributed by atoms with Crippen molar-refractivity contribution in [3.05, 3.63) is 35.4 Å². The van der Waals surface area contributed by atoms with Crippen LogP contribution in [0.4, 0.5) is 0 Å². The first-order valence-corrected chi connectivity index (χ1v) is 8.56. The summed E-state index contributed by atoms with van der Waals surface area (Å²) in [4.78, 5) is 22.7. The molecule has 1 aromatic carbocycles. The minimum absolute atomic E-state index is 0.0652. The summed E-state index contributed by atoms with van der Waals surface area (Å²) >= 11 is 0. The summed E-state index contributed by atoms with van der Waals surface area (Å²) in [6, 6.07) is 6.20. The lowest BCUT2D eigenvalue weighted by molar-refractivity contribution is -0.141. The Hall–Kier alpha value is -1.89. The van der Waals surface area contributed by atoms with Crippen LogP contribution in [0.1, 0.15) is 29.3 Å². The summed E-state index contributed by atoms with van der Waals surface area (Å²) in [7, 11) is -3.11. The molecule has 1 amide bonds. The van der Waals surface area contributed by atoms with Gasteiger partial charge in [-0.15, -0.1) is 0 Å². The van der Waals surface area contributed by atoms with Gasteiger partial charge >= 0.3 is 5.97 Å². The number of carboxylic acid groups (broad SMARTS) is 1. The number of sulfone groups is 1. The Labute approximate surface area is 124 Å². The van der Waals surface area contributed by atoms with Crippen molar-refractivity contribution in [3.63, 3.8) is 0 Å². The van der Waals surface area contributed by atoms with Gasteiger partial charge in [-0.2, -0.15) is 0 Å². The number of hydrogen-bond acceptors (Lipinski definition) is 4. The monoisotopic (exact) mass is 313 g/mol. The standard InChI is InChI=1S/C14H19NO5S/c1-3-11(14(17)18)8-15-13(16)12-6-4-10(5-7-12)9-21(2,19)20/h4-7,11H,3,8-9H2,1-2H3,(H,15,16)(H,17,18). The molecule has 6 nitrogen and oxygen atoms in total. The highest BCUT2D eigenvalue weighted by Gasteiger charge is 2.16. The third-order valence-corrected chi connectivity index (χ3v) is 3.85. The zero-order valence-corrected chi connectivity index (χ0v) is 12.8. The van der Waals surface area contributed by atoms with Gasteiger partial charge in [0.05, 0.1) is 11.7 Å². The van der Waals surface area contributed by atoms with Gasteiger partial charge < -0.3 is 10.4 Å². The van der Waals surface area contributed by atoms with Crippen LogP contribution >= 0.6 is 0 Å². The summed E-state index contributed by atoms with van der Waals surface area (Å²) in [5, 5.41) is 11.5. The highest BCUT2D eigenvalue weighted by atomic mass is 32.2. The lowest BCUT2D eigenvalue weighted by Crippen LogP contribution is -2.32. The quantitative estimate of drug-likeness (QED) is 0.784. The number of carbonyl (C=O) groups is 2. The predicted molar refractivity (Wildman–Crippen MR) is 78.7 cm³/mol. The van der Waals surface area contributed by atoms with Crippen LogP contribution in [0, 0.1) is 5.92 Å². The molecule has 1 rings (SSSR count). The maximum Gasteiger partial charge on any atom is 0.308 e. The average Bonchev–Trinajstić information content (AvgIpc) is 2.37. The van der Waals surface area contributed by atoms with Crippen molar-refractivity contribution in [3.8, 4) is 0 Å². The van der Waals surface area contributed by atoms with Crippen molar-refractivity contribution < 1.29 is 23.1 Å². The van der Waals surface area contributed by atoms with E-state index in [0.29, 0.717) is 17.5 Å². The molecule has 0 spiro atoms. The van der Waals surface area contributed by atoms with Gasteiger partial charge in [-0.1, -0.05) is 19.1 Å². The zero-order chi connectivity index (χ0) is 16.0. The van der Waals surface area contributed by atoms with Gasteiger partial charge in [-0.3, -0.25) is 9.59 Å². The minimum atomic E-state index is -3.11. The summed E-state index contributed by atoms with van der Waals surface area (Å²) in [6.07, 6.45) is 1.58. The van der Waals surface area contributed by atoms with Gasteiger partial charge in [-0.25, -0.2) is 8.42 Å². The summed E-state index contributed by atoms with van der Waals surface area (Å²) in [6.45, 7) is 1.81. The second-order valence-corrected chi connectivity index (χ2v) is 7.06. The van der Waals surface area contributed by atoms with E-state index in [1.807, 2.05) is 0 Å². The number of rotatable bonds is 7. The SMILES string of the molecule is CCC(CNC(=O)c1ccc(CS(C)(=O)=O)cc1)C(=O)O. The number of benzene rings is 1. The third kappa shape index (κ3) is 5.95. The van der Waals surface area contributed by atoms with Crippen LogP contribution < -0.4 is 5.32 Å². The van der Waals surface area contributed by atoms with E-state index in [-0.39, 0.29) is 18.2 Å². The van der Waals surface area contributed by atoms with E-state index in [2.05, 4.69) is 5.32 Å². The van der Waals surface area contributed by atoms with E-state index < -0.39 is 21.7 Å². The van der Waals surface area contributed by atoms with Crippen LogP contribution in [0.25, 0.3) is 0 Å². The van der Waals surface area contributed by atoms with Crippen molar-refractivity contribution in [2.45, 2.75) is 19.1 Å². The molecule has 0 fully saturated rings. The predicted octanol–water partition coefficient (Wildman–Crippen LogP) is 1.07. The van der Waals surface area contributed by atoms with Crippen molar-refractivity contribution in [2.75, 3.05) is 12.8 Å². The summed E-state index contributed by atoms with van der Waals surface area (Å²) < 4.78 is 22.3. The first-order chi connectivity index (χ1) is 9.73. The Morgan fingerprint density at radius 3 is 2.24 bits per heavy atom. The summed E-state index contributed by atoms with van der Waals surface area (Å²) in [5.74, 6) is -2.01. The van der Waals surface area contributed by atoms with Crippen molar-refractivity contribution in [1.29, 1.82) is 0 Å². The van der Waals surface area contributed by atoms with E-state index in [4.69, 9.17) is 5.11 Å². The van der Waals surface area contributed by atoms with Gasteiger partial charge in [0.2, 0.25) is 0 Å². The highest BCUT2D eigenvalue weighted by molar-refractivity contribution is 7.89. The lowest BCUT2D eigenvalue weighted by atomic mass is 10.1. The van der Waals surface area contributed by atoms with Crippen LogP contribution in [0.15, 0.2) is 24.3 Å². The Bertz CT molecular complexity index is 607. The first-order valence-electron chi connectivity index (χ1n) is 6.50. The molecule has 2 N–H and O–H groups in total. The molecule has 0 saturated heterocycles. The van der Waals surface area contributed by atoms with Crippen LogP contribution in [0.3, 0.4) is 0 Å². The molecule has 0 heterocycles. The molecule has 116 valence electrons. The number of carbonyl (C=O) groups excluding carboxylic acids is 1. The first kappa shape index (κ1) is 17.2. The Morgan fingerprint density at radius 1 is 1.24 bits per heavy atom. The van der Waals surface area contributed by atoms with Crippen molar-refractivity contribution >= 4 is 21.7 Å². The molecular formula is C14H19NO5S. The fraction of sp³-hybridized carbons (Fsp3) is 0.429. The smallest absolute Gasteiger partial charge is 0.308 e. The third-order valence-electron chi connectivity index (χ3n) is 3.00. The minimum Gasteiger partial charge on any atom is -0.481 e. The van der Waals surface area contributed by atoms with Crippen LogP contribution in [0.5, 0.6) is 0 Å². The number of hydrogen-bond donors (Lipinski definition) is 2. The van der Waals surface area contributed by atoms with Gasteiger partial charge in [0.1, 0.15) is 0 Å². The fourth-order valence-corrected chi connectivity index (χ4v) is 2.58. The van der Waals surface area contributed by atoms with E-state index in [9.17, 15) is 18.0 Å². The molecule has 0 radical (unpaired) electrons. The molecule has 21 heavy (non-hydrogen) atoms. The Kier molecular flexibility index (Phi) is 5.90. The van der Waals surface area contributed by atoms with E-state index in [1.54, 1.807) is 19.1 Å². The molecule has 1 unspecified atom stereocenters. The van der Waals surface area contributed by atoms with Gasteiger partial charge in [0, 0.05) is 18.4 Å². The lowest BCUT2D eigenvalue weighted by Gasteiger charge is -2.11. The topological polar surface area (TPSA) is 101 Å². The molecular weight excluding hydrogens is 294 g/mol. The average molecular weight is 313 g/mol. The molecule has 0 saturated carbocycles. The van der Waals surface area contributed by atoms with Crippen LogP contribution in [-0.4, -0.2) is 38.2 Å². The van der Waals surface area contributed by atoms with E-state index >= 15 is 0 Å². The Morgan fingerprint density at radius 2 is 1.81 bits per heavy atom. The van der Waals surface area contributed by atoms with Gasteiger partial charge in [-0.05, 0) is 24.1 Å². The highest BCUT2D eigenvalue weighted by Crippen LogP contribution is 2.08.